The quantitative estimate of drug-likeness (QED) is 0.753. The summed E-state index contributed by atoms with van der Waals surface area (Å²) in [5.41, 5.74) is 6.72. The third-order valence-electron chi connectivity index (χ3n) is 2.75. The van der Waals surface area contributed by atoms with E-state index in [0.29, 0.717) is 18.7 Å². The molecule has 2 rings (SSSR count). The van der Waals surface area contributed by atoms with E-state index in [4.69, 9.17) is 15.3 Å². The van der Waals surface area contributed by atoms with E-state index in [1.807, 2.05) is 0 Å². The van der Waals surface area contributed by atoms with Crippen molar-refractivity contribution in [3.8, 4) is 5.75 Å². The van der Waals surface area contributed by atoms with Gasteiger partial charge in [-0.25, -0.2) is 0 Å². The van der Waals surface area contributed by atoms with Crippen molar-refractivity contribution in [2.45, 2.75) is 19.0 Å². The van der Waals surface area contributed by atoms with Crippen molar-refractivity contribution < 1.29 is 14.3 Å². The molecule has 0 aliphatic carbocycles. The average Bonchev–Trinajstić information content (AvgIpc) is 2.91. The summed E-state index contributed by atoms with van der Waals surface area (Å²) >= 11 is 0. The maximum absolute atomic E-state index is 11.8. The Labute approximate surface area is 111 Å². The SMILES string of the molecule is N[C@H](Cc1ccc(O)cc1)C(=O)NCc1ccco1. The van der Waals surface area contributed by atoms with Crippen LogP contribution < -0.4 is 11.1 Å². The van der Waals surface area contributed by atoms with E-state index < -0.39 is 6.04 Å². The molecule has 0 spiro atoms. The van der Waals surface area contributed by atoms with E-state index in [-0.39, 0.29) is 11.7 Å². The summed E-state index contributed by atoms with van der Waals surface area (Å²) < 4.78 is 5.11. The van der Waals surface area contributed by atoms with Crippen LogP contribution >= 0.6 is 0 Å². The number of benzene rings is 1. The molecule has 0 aliphatic rings. The summed E-state index contributed by atoms with van der Waals surface area (Å²) in [4.78, 5) is 11.8. The Kier molecular flexibility index (Phi) is 4.20. The van der Waals surface area contributed by atoms with Gasteiger partial charge >= 0.3 is 0 Å². The Hall–Kier alpha value is -2.27. The second kappa shape index (κ2) is 6.06. The minimum atomic E-state index is -0.625. The molecule has 1 aromatic heterocycles. The second-order valence-electron chi connectivity index (χ2n) is 4.27. The molecular formula is C14H16N2O3. The van der Waals surface area contributed by atoms with Crippen LogP contribution in [0.5, 0.6) is 5.75 Å². The number of nitrogens with two attached hydrogens (primary N) is 1. The minimum Gasteiger partial charge on any atom is -0.508 e. The molecule has 0 radical (unpaired) electrons. The number of hydrogen-bond donors (Lipinski definition) is 3. The topological polar surface area (TPSA) is 88.5 Å². The first kappa shape index (κ1) is 13.2. The lowest BCUT2D eigenvalue weighted by Gasteiger charge is -2.11. The zero-order chi connectivity index (χ0) is 13.7. The van der Waals surface area contributed by atoms with Crippen molar-refractivity contribution in [3.63, 3.8) is 0 Å². The maximum atomic E-state index is 11.8. The number of amides is 1. The van der Waals surface area contributed by atoms with Crippen LogP contribution in [0.2, 0.25) is 0 Å². The molecule has 0 fully saturated rings. The molecule has 4 N–H and O–H groups in total. The van der Waals surface area contributed by atoms with Gasteiger partial charge in [-0.2, -0.15) is 0 Å². The second-order valence-corrected chi connectivity index (χ2v) is 4.27. The van der Waals surface area contributed by atoms with Crippen LogP contribution in [-0.2, 0) is 17.8 Å². The number of carbonyl (C=O) groups excluding carboxylic acids is 1. The fourth-order valence-electron chi connectivity index (χ4n) is 1.70. The lowest BCUT2D eigenvalue weighted by molar-refractivity contribution is -0.122. The summed E-state index contributed by atoms with van der Waals surface area (Å²) in [5.74, 6) is 0.647. The highest BCUT2D eigenvalue weighted by atomic mass is 16.3. The molecule has 0 unspecified atom stereocenters. The Bertz CT molecular complexity index is 520. The number of aromatic hydroxyl groups is 1. The molecule has 0 saturated heterocycles. The number of phenols is 1. The first-order valence-electron chi connectivity index (χ1n) is 5.99. The maximum Gasteiger partial charge on any atom is 0.237 e. The van der Waals surface area contributed by atoms with Gasteiger partial charge in [0, 0.05) is 0 Å². The Morgan fingerprint density at radius 1 is 1.32 bits per heavy atom. The molecular weight excluding hydrogens is 244 g/mol. The van der Waals surface area contributed by atoms with Gasteiger partial charge in [0.25, 0.3) is 0 Å². The summed E-state index contributed by atoms with van der Waals surface area (Å²) in [7, 11) is 0. The predicted molar refractivity (Wildman–Crippen MR) is 70.3 cm³/mol. The number of phenolic OH excluding ortho intramolecular Hbond substituents is 1. The van der Waals surface area contributed by atoms with Crippen LogP contribution in [0.4, 0.5) is 0 Å². The zero-order valence-corrected chi connectivity index (χ0v) is 10.4. The van der Waals surface area contributed by atoms with Crippen LogP contribution in [-0.4, -0.2) is 17.1 Å². The van der Waals surface area contributed by atoms with Gasteiger partial charge in [-0.1, -0.05) is 12.1 Å². The van der Waals surface area contributed by atoms with Gasteiger partial charge in [0.05, 0.1) is 18.8 Å². The van der Waals surface area contributed by atoms with Crippen molar-refractivity contribution >= 4 is 5.91 Å². The smallest absolute Gasteiger partial charge is 0.237 e. The highest BCUT2D eigenvalue weighted by Crippen LogP contribution is 2.11. The lowest BCUT2D eigenvalue weighted by atomic mass is 10.1. The monoisotopic (exact) mass is 260 g/mol. The molecule has 2 aromatic rings. The standard InChI is InChI=1S/C14H16N2O3/c15-13(8-10-3-5-11(17)6-4-10)14(18)16-9-12-2-1-7-19-12/h1-7,13,17H,8-9,15H2,(H,16,18)/t13-/m1/s1. The first-order valence-corrected chi connectivity index (χ1v) is 5.99. The highest BCUT2D eigenvalue weighted by Gasteiger charge is 2.14. The van der Waals surface area contributed by atoms with Crippen LogP contribution in [0.1, 0.15) is 11.3 Å². The Balaban J connectivity index is 1.83. The molecule has 1 atom stereocenters. The van der Waals surface area contributed by atoms with Crippen molar-refractivity contribution in [3.05, 3.63) is 54.0 Å². The first-order chi connectivity index (χ1) is 9.15. The lowest BCUT2D eigenvalue weighted by Crippen LogP contribution is -2.41. The third kappa shape index (κ3) is 3.86. The van der Waals surface area contributed by atoms with Gasteiger partial charge in [0.2, 0.25) is 5.91 Å². The van der Waals surface area contributed by atoms with Crippen LogP contribution in [0, 0.1) is 0 Å². The van der Waals surface area contributed by atoms with E-state index in [2.05, 4.69) is 5.32 Å². The molecule has 5 nitrogen and oxygen atoms in total. The summed E-state index contributed by atoms with van der Waals surface area (Å²) in [5, 5.41) is 11.9. The van der Waals surface area contributed by atoms with E-state index in [9.17, 15) is 4.79 Å². The molecule has 1 aromatic carbocycles. The van der Waals surface area contributed by atoms with Crippen LogP contribution in [0.3, 0.4) is 0 Å². The van der Waals surface area contributed by atoms with Crippen molar-refractivity contribution in [2.75, 3.05) is 0 Å². The number of carbonyl (C=O) groups is 1. The summed E-state index contributed by atoms with van der Waals surface area (Å²) in [6, 6.07) is 9.55. The molecule has 100 valence electrons. The van der Waals surface area contributed by atoms with Crippen LogP contribution in [0.25, 0.3) is 0 Å². The van der Waals surface area contributed by atoms with Gasteiger partial charge in [-0.05, 0) is 36.2 Å². The Morgan fingerprint density at radius 3 is 2.68 bits per heavy atom. The fourth-order valence-corrected chi connectivity index (χ4v) is 1.70. The van der Waals surface area contributed by atoms with Crippen molar-refractivity contribution in [2.24, 2.45) is 5.73 Å². The zero-order valence-electron chi connectivity index (χ0n) is 10.4. The molecule has 0 saturated carbocycles. The molecule has 5 heteroatoms. The molecule has 1 amide bonds. The average molecular weight is 260 g/mol. The number of hydrogen-bond acceptors (Lipinski definition) is 4. The van der Waals surface area contributed by atoms with Crippen molar-refractivity contribution in [1.29, 1.82) is 0 Å². The largest absolute Gasteiger partial charge is 0.508 e. The van der Waals surface area contributed by atoms with Gasteiger partial charge in [-0.15, -0.1) is 0 Å². The van der Waals surface area contributed by atoms with Crippen LogP contribution in [0.15, 0.2) is 47.1 Å². The Morgan fingerprint density at radius 2 is 2.05 bits per heavy atom. The predicted octanol–water partition coefficient (Wildman–Crippen LogP) is 1.17. The highest BCUT2D eigenvalue weighted by molar-refractivity contribution is 5.81. The fraction of sp³-hybridized carbons (Fsp3) is 0.214. The summed E-state index contributed by atoms with van der Waals surface area (Å²) in [6.45, 7) is 0.328. The van der Waals surface area contributed by atoms with E-state index in [1.54, 1.807) is 42.7 Å². The van der Waals surface area contributed by atoms with Gasteiger partial charge < -0.3 is 20.6 Å². The molecule has 0 bridgehead atoms. The van der Waals surface area contributed by atoms with E-state index in [0.717, 1.165) is 5.56 Å². The molecule has 1 heterocycles. The van der Waals surface area contributed by atoms with Gasteiger partial charge in [0.15, 0.2) is 0 Å². The van der Waals surface area contributed by atoms with E-state index >= 15 is 0 Å². The summed E-state index contributed by atoms with van der Waals surface area (Å²) in [6.07, 6.45) is 1.97. The van der Waals surface area contributed by atoms with Gasteiger partial charge in [0.1, 0.15) is 11.5 Å². The third-order valence-corrected chi connectivity index (χ3v) is 2.75. The number of furan rings is 1. The van der Waals surface area contributed by atoms with Crippen molar-refractivity contribution in [1.82, 2.24) is 5.32 Å². The molecule has 0 aliphatic heterocycles. The number of rotatable bonds is 5. The molecule has 19 heavy (non-hydrogen) atoms. The van der Waals surface area contributed by atoms with E-state index in [1.165, 1.54) is 0 Å². The normalized spacial score (nSPS) is 12.1. The number of nitrogens with one attached hydrogen (secondary N) is 1. The minimum absolute atomic E-state index is 0.194. The van der Waals surface area contributed by atoms with Gasteiger partial charge in [-0.3, -0.25) is 4.79 Å².